The van der Waals surface area contributed by atoms with Gasteiger partial charge in [-0.15, -0.1) is 0 Å². The van der Waals surface area contributed by atoms with Gasteiger partial charge in [0.1, 0.15) is 17.8 Å². The van der Waals surface area contributed by atoms with Crippen LogP contribution < -0.4 is 0 Å². The van der Waals surface area contributed by atoms with E-state index in [2.05, 4.69) is 0 Å². The number of ether oxygens (including phenoxy) is 2. The van der Waals surface area contributed by atoms with Crippen LogP contribution >= 0.6 is 0 Å². The standard InChI is InChI=1S/C16H24N2O8S/c1-16(2,3)26-10(20)6-17(4)13(21)11-9(7-19)8-27(23,24)15-12(25-5)14(22)18(11)15/h12,15,19H,6-8H2,1-5H3/t12-,15+/m0/s1. The zero-order chi connectivity index (χ0) is 20.7. The van der Waals surface area contributed by atoms with E-state index in [0.29, 0.717) is 0 Å². The Kier molecular flexibility index (Phi) is 5.69. The second-order valence-electron chi connectivity index (χ2n) is 7.42. The van der Waals surface area contributed by atoms with Crippen LogP contribution in [-0.2, 0) is 33.7 Å². The third-order valence-corrected chi connectivity index (χ3v) is 6.04. The molecule has 0 saturated carbocycles. The molecule has 2 rings (SSSR count). The molecule has 0 aromatic carbocycles. The van der Waals surface area contributed by atoms with Crippen molar-refractivity contribution in [2.24, 2.45) is 0 Å². The minimum absolute atomic E-state index is 0.102. The maximum Gasteiger partial charge on any atom is 0.326 e. The first-order valence-corrected chi connectivity index (χ1v) is 9.93. The maximum atomic E-state index is 12.8. The van der Waals surface area contributed by atoms with Crippen LogP contribution in [0.15, 0.2) is 11.3 Å². The molecule has 27 heavy (non-hydrogen) atoms. The third-order valence-electron chi connectivity index (χ3n) is 4.09. The van der Waals surface area contributed by atoms with Gasteiger partial charge >= 0.3 is 5.97 Å². The van der Waals surface area contributed by atoms with Crippen LogP contribution in [0.4, 0.5) is 0 Å². The fraction of sp³-hybridized carbons (Fsp3) is 0.688. The van der Waals surface area contributed by atoms with Gasteiger partial charge in [-0.25, -0.2) is 8.42 Å². The van der Waals surface area contributed by atoms with Gasteiger partial charge in [0.05, 0.1) is 12.4 Å². The molecule has 1 saturated heterocycles. The highest BCUT2D eigenvalue weighted by Gasteiger charge is 2.60. The summed E-state index contributed by atoms with van der Waals surface area (Å²) in [6.07, 6.45) is -1.20. The topological polar surface area (TPSA) is 131 Å². The van der Waals surface area contributed by atoms with E-state index in [0.717, 1.165) is 9.80 Å². The molecule has 1 fully saturated rings. The van der Waals surface area contributed by atoms with E-state index >= 15 is 0 Å². The highest BCUT2D eigenvalue weighted by molar-refractivity contribution is 7.92. The van der Waals surface area contributed by atoms with Crippen molar-refractivity contribution in [2.45, 2.75) is 37.9 Å². The molecule has 0 radical (unpaired) electrons. The summed E-state index contributed by atoms with van der Waals surface area (Å²) in [4.78, 5) is 38.9. The van der Waals surface area contributed by atoms with Crippen molar-refractivity contribution in [1.82, 2.24) is 9.80 Å². The summed E-state index contributed by atoms with van der Waals surface area (Å²) in [6.45, 7) is 3.93. The van der Waals surface area contributed by atoms with E-state index < -0.39 is 63.6 Å². The van der Waals surface area contributed by atoms with E-state index in [4.69, 9.17) is 9.47 Å². The maximum absolute atomic E-state index is 12.8. The van der Waals surface area contributed by atoms with E-state index in [1.165, 1.54) is 14.2 Å². The molecule has 11 heteroatoms. The first kappa shape index (κ1) is 21.3. The number of hydrogen-bond acceptors (Lipinski definition) is 8. The Labute approximate surface area is 157 Å². The number of likely N-dealkylation sites (N-methyl/N-ethyl adjacent to an activating group) is 1. The lowest BCUT2D eigenvalue weighted by Crippen LogP contribution is -2.71. The molecular formula is C16H24N2O8S. The third kappa shape index (κ3) is 3.99. The highest BCUT2D eigenvalue weighted by atomic mass is 32.2. The largest absolute Gasteiger partial charge is 0.459 e. The molecule has 152 valence electrons. The second-order valence-corrected chi connectivity index (χ2v) is 9.52. The number of rotatable bonds is 5. The molecule has 2 amide bonds. The Hall–Kier alpha value is -1.98. The summed E-state index contributed by atoms with van der Waals surface area (Å²) in [5.74, 6) is -2.67. The van der Waals surface area contributed by atoms with Crippen LogP contribution in [0.2, 0.25) is 0 Å². The number of carbonyl (C=O) groups excluding carboxylic acids is 3. The molecule has 2 atom stereocenters. The lowest BCUT2D eigenvalue weighted by atomic mass is 10.0. The number of methoxy groups -OCH3 is 1. The second kappa shape index (κ2) is 7.21. The number of hydrogen-bond donors (Lipinski definition) is 1. The van der Waals surface area contributed by atoms with Crippen molar-refractivity contribution in [3.63, 3.8) is 0 Å². The predicted molar refractivity (Wildman–Crippen MR) is 92.8 cm³/mol. The molecule has 0 aromatic rings. The van der Waals surface area contributed by atoms with Gasteiger partial charge in [0, 0.05) is 14.2 Å². The molecule has 0 aromatic heterocycles. The molecule has 2 aliphatic rings. The number of β-lactam (4-membered cyclic amide) rings is 1. The fourth-order valence-corrected chi connectivity index (χ4v) is 5.02. The minimum atomic E-state index is -3.82. The number of fused-ring (bicyclic) bond motifs is 1. The summed E-state index contributed by atoms with van der Waals surface area (Å²) in [6, 6.07) is 0. The Morgan fingerprint density at radius 1 is 1.33 bits per heavy atom. The van der Waals surface area contributed by atoms with Crippen molar-refractivity contribution in [2.75, 3.05) is 33.1 Å². The molecular weight excluding hydrogens is 380 g/mol. The summed E-state index contributed by atoms with van der Waals surface area (Å²) in [5, 5.41) is 8.22. The van der Waals surface area contributed by atoms with Crippen molar-refractivity contribution >= 4 is 27.6 Å². The Morgan fingerprint density at radius 3 is 2.41 bits per heavy atom. The van der Waals surface area contributed by atoms with Crippen molar-refractivity contribution in [3.05, 3.63) is 11.3 Å². The van der Waals surface area contributed by atoms with E-state index in [9.17, 15) is 27.9 Å². The average molecular weight is 404 g/mol. The fourth-order valence-electron chi connectivity index (χ4n) is 3.00. The SMILES string of the molecule is CO[C@H]1C(=O)N2C(C(=O)N(C)CC(=O)OC(C)(C)C)=C(CO)CS(=O)(=O)[C@H]12. The monoisotopic (exact) mass is 404 g/mol. The number of esters is 1. The van der Waals surface area contributed by atoms with Crippen LogP contribution in [0.1, 0.15) is 20.8 Å². The first-order chi connectivity index (χ1) is 12.3. The van der Waals surface area contributed by atoms with Crippen LogP contribution in [0.25, 0.3) is 0 Å². The number of nitrogens with zero attached hydrogens (tertiary/aromatic N) is 2. The predicted octanol–water partition coefficient (Wildman–Crippen LogP) is -1.36. The van der Waals surface area contributed by atoms with Crippen molar-refractivity contribution < 1.29 is 37.4 Å². The zero-order valence-corrected chi connectivity index (χ0v) is 16.7. The van der Waals surface area contributed by atoms with Gasteiger partial charge in [-0.05, 0) is 26.3 Å². The van der Waals surface area contributed by atoms with E-state index in [1.807, 2.05) is 0 Å². The number of amides is 2. The molecule has 0 spiro atoms. The van der Waals surface area contributed by atoms with E-state index in [1.54, 1.807) is 20.8 Å². The van der Waals surface area contributed by atoms with Gasteiger partial charge < -0.3 is 19.5 Å². The Balaban J connectivity index is 2.31. The number of sulfone groups is 1. The van der Waals surface area contributed by atoms with Gasteiger partial charge in [0.15, 0.2) is 21.3 Å². The van der Waals surface area contributed by atoms with Gasteiger partial charge in [-0.1, -0.05) is 0 Å². The molecule has 2 aliphatic heterocycles. The summed E-state index contributed by atoms with van der Waals surface area (Å²) in [5.41, 5.74) is -1.07. The van der Waals surface area contributed by atoms with Gasteiger partial charge in [-0.2, -0.15) is 0 Å². The highest BCUT2D eigenvalue weighted by Crippen LogP contribution is 2.38. The quantitative estimate of drug-likeness (QED) is 0.439. The lowest BCUT2D eigenvalue weighted by Gasteiger charge is -2.49. The van der Waals surface area contributed by atoms with Crippen LogP contribution in [0, 0.1) is 0 Å². The van der Waals surface area contributed by atoms with Crippen LogP contribution in [-0.4, -0.2) is 91.2 Å². The van der Waals surface area contributed by atoms with Crippen LogP contribution in [0.5, 0.6) is 0 Å². The summed E-state index contributed by atoms with van der Waals surface area (Å²) in [7, 11) is -1.29. The van der Waals surface area contributed by atoms with E-state index in [-0.39, 0.29) is 11.3 Å². The molecule has 0 unspecified atom stereocenters. The zero-order valence-electron chi connectivity index (χ0n) is 15.9. The van der Waals surface area contributed by atoms with Gasteiger partial charge in [-0.3, -0.25) is 19.3 Å². The smallest absolute Gasteiger partial charge is 0.326 e. The lowest BCUT2D eigenvalue weighted by molar-refractivity contribution is -0.162. The average Bonchev–Trinajstić information content (AvgIpc) is 2.52. The molecule has 1 N–H and O–H groups in total. The Bertz CT molecular complexity index is 796. The normalized spacial score (nSPS) is 24.2. The van der Waals surface area contributed by atoms with Crippen molar-refractivity contribution in [1.29, 1.82) is 0 Å². The van der Waals surface area contributed by atoms with Gasteiger partial charge in [0.2, 0.25) is 0 Å². The van der Waals surface area contributed by atoms with Crippen molar-refractivity contribution in [3.8, 4) is 0 Å². The summed E-state index contributed by atoms with van der Waals surface area (Å²) < 4.78 is 34.8. The molecule has 0 bridgehead atoms. The number of aliphatic hydroxyl groups excluding tert-OH is 1. The number of carbonyl (C=O) groups is 3. The van der Waals surface area contributed by atoms with Crippen LogP contribution in [0.3, 0.4) is 0 Å². The Morgan fingerprint density at radius 2 is 1.93 bits per heavy atom. The molecule has 10 nitrogen and oxygen atoms in total. The van der Waals surface area contributed by atoms with Gasteiger partial charge in [0.25, 0.3) is 11.8 Å². The minimum Gasteiger partial charge on any atom is -0.459 e. The summed E-state index contributed by atoms with van der Waals surface area (Å²) >= 11 is 0. The first-order valence-electron chi connectivity index (χ1n) is 8.21. The molecule has 0 aliphatic carbocycles. The molecule has 2 heterocycles. The number of aliphatic hydroxyl groups is 1.